The van der Waals surface area contributed by atoms with Crippen LogP contribution in [0.3, 0.4) is 0 Å². The summed E-state index contributed by atoms with van der Waals surface area (Å²) >= 11 is 6.16. The lowest BCUT2D eigenvalue weighted by Gasteiger charge is -2.05. The van der Waals surface area contributed by atoms with Crippen molar-refractivity contribution in [2.45, 2.75) is 13.2 Å². The first-order valence-electron chi connectivity index (χ1n) is 7.72. The summed E-state index contributed by atoms with van der Waals surface area (Å²) in [6, 6.07) is 5.56. The van der Waals surface area contributed by atoms with Crippen molar-refractivity contribution in [3.05, 3.63) is 48.0 Å². The molecule has 1 atom stereocenters. The zero-order chi connectivity index (χ0) is 18.3. The molecule has 0 saturated carbocycles. The number of carbonyl (C=O) groups excluding carboxylic acids is 1. The van der Waals surface area contributed by atoms with Gasteiger partial charge in [0.25, 0.3) is 0 Å². The molecule has 4 rings (SSSR count). The highest BCUT2D eigenvalue weighted by atomic mass is 35.5. The topological polar surface area (TPSA) is 117 Å². The number of nitrogens with zero attached hydrogens (tertiary/aromatic N) is 5. The number of aromatic nitrogens is 6. The van der Waals surface area contributed by atoms with E-state index >= 15 is 0 Å². The minimum absolute atomic E-state index is 0.439. The second kappa shape index (κ2) is 6.28. The first kappa shape index (κ1) is 16.3. The van der Waals surface area contributed by atoms with Gasteiger partial charge in [-0.3, -0.25) is 15.4 Å². The van der Waals surface area contributed by atoms with Crippen LogP contribution in [0.4, 0.5) is 4.79 Å². The van der Waals surface area contributed by atoms with Gasteiger partial charge in [-0.2, -0.15) is 5.10 Å². The fraction of sp³-hybridized carbons (Fsp3) is 0.125. The highest BCUT2D eigenvalue weighted by Crippen LogP contribution is 2.33. The molecule has 3 N–H and O–H groups in total. The summed E-state index contributed by atoms with van der Waals surface area (Å²) in [4.78, 5) is 11.9. The molecular formula is C16H14ClN7O2. The Kier molecular flexibility index (Phi) is 3.94. The number of H-pyrrole nitrogens is 1. The first-order chi connectivity index (χ1) is 12.5. The molecule has 1 unspecified atom stereocenters. The van der Waals surface area contributed by atoms with E-state index in [4.69, 9.17) is 22.1 Å². The van der Waals surface area contributed by atoms with E-state index in [1.54, 1.807) is 23.9 Å². The van der Waals surface area contributed by atoms with Gasteiger partial charge in [-0.15, -0.1) is 9.78 Å². The van der Waals surface area contributed by atoms with E-state index in [0.717, 1.165) is 26.7 Å². The maximum absolute atomic E-state index is 11.9. The average molecular weight is 372 g/mol. The number of halogens is 1. The minimum Gasteiger partial charge on any atom is -0.429 e. The molecule has 1 aromatic carbocycles. The van der Waals surface area contributed by atoms with E-state index in [-0.39, 0.29) is 0 Å². The predicted molar refractivity (Wildman–Crippen MR) is 95.0 cm³/mol. The van der Waals surface area contributed by atoms with Gasteiger partial charge in [0.1, 0.15) is 6.23 Å². The van der Waals surface area contributed by atoms with E-state index in [0.29, 0.717) is 10.8 Å². The fourth-order valence-corrected chi connectivity index (χ4v) is 2.85. The van der Waals surface area contributed by atoms with Crippen LogP contribution in [0, 0.1) is 0 Å². The van der Waals surface area contributed by atoms with Gasteiger partial charge in [0.05, 0.1) is 17.9 Å². The number of ether oxygens (including phenoxy) is 1. The third-order valence-corrected chi connectivity index (χ3v) is 4.01. The molecule has 0 amide bonds. The summed E-state index contributed by atoms with van der Waals surface area (Å²) in [5, 5.41) is 16.2. The van der Waals surface area contributed by atoms with Crippen LogP contribution in [0.15, 0.2) is 43.0 Å². The number of nitrogens with two attached hydrogens (primary N) is 1. The van der Waals surface area contributed by atoms with E-state index < -0.39 is 12.3 Å². The molecule has 3 aromatic heterocycles. The number of fused-ring (bicyclic) bond motifs is 1. The molecular weight excluding hydrogens is 358 g/mol. The van der Waals surface area contributed by atoms with Crippen molar-refractivity contribution < 1.29 is 9.53 Å². The molecule has 26 heavy (non-hydrogen) atoms. The van der Waals surface area contributed by atoms with Crippen LogP contribution in [-0.4, -0.2) is 42.1 Å². The minimum atomic E-state index is -0.742. The Bertz CT molecular complexity index is 1080. The normalized spacial score (nSPS) is 12.4. The second-order valence-electron chi connectivity index (χ2n) is 5.67. The Morgan fingerprint density at radius 1 is 1.38 bits per heavy atom. The van der Waals surface area contributed by atoms with Crippen molar-refractivity contribution in [3.63, 3.8) is 0 Å². The molecule has 3 heterocycles. The maximum Gasteiger partial charge on any atom is 0.437 e. The van der Waals surface area contributed by atoms with E-state index in [1.165, 1.54) is 6.20 Å². The third-order valence-electron chi connectivity index (χ3n) is 3.78. The zero-order valence-corrected chi connectivity index (χ0v) is 14.4. The van der Waals surface area contributed by atoms with Crippen LogP contribution in [-0.2, 0) is 4.74 Å². The zero-order valence-electron chi connectivity index (χ0n) is 13.6. The van der Waals surface area contributed by atoms with Crippen molar-refractivity contribution in [1.82, 2.24) is 29.8 Å². The quantitative estimate of drug-likeness (QED) is 0.534. The molecule has 0 aliphatic heterocycles. The van der Waals surface area contributed by atoms with Crippen LogP contribution in [0.5, 0.6) is 0 Å². The smallest absolute Gasteiger partial charge is 0.429 e. The highest BCUT2D eigenvalue weighted by molar-refractivity contribution is 6.31. The van der Waals surface area contributed by atoms with E-state index in [1.807, 2.05) is 24.4 Å². The monoisotopic (exact) mass is 371 g/mol. The molecule has 132 valence electrons. The number of hydrogen-bond donors (Lipinski definition) is 2. The predicted octanol–water partition coefficient (Wildman–Crippen LogP) is 2.55. The van der Waals surface area contributed by atoms with Crippen molar-refractivity contribution in [2.75, 3.05) is 0 Å². The van der Waals surface area contributed by atoms with Crippen LogP contribution >= 0.6 is 11.6 Å². The Morgan fingerprint density at radius 2 is 2.23 bits per heavy atom. The van der Waals surface area contributed by atoms with Gasteiger partial charge in [-0.25, -0.2) is 4.79 Å². The van der Waals surface area contributed by atoms with Gasteiger partial charge in [0.15, 0.2) is 5.82 Å². The van der Waals surface area contributed by atoms with Crippen LogP contribution in [0.1, 0.15) is 6.92 Å². The van der Waals surface area contributed by atoms with Gasteiger partial charge in [-0.1, -0.05) is 22.9 Å². The molecule has 0 spiro atoms. The molecule has 10 heteroatoms. The van der Waals surface area contributed by atoms with E-state index in [2.05, 4.69) is 20.5 Å². The molecule has 0 saturated heterocycles. The maximum atomic E-state index is 11.9. The van der Waals surface area contributed by atoms with Crippen LogP contribution < -0.4 is 5.73 Å². The van der Waals surface area contributed by atoms with Crippen LogP contribution in [0.2, 0.25) is 5.02 Å². The lowest BCUT2D eigenvalue weighted by Crippen LogP contribution is -2.26. The largest absolute Gasteiger partial charge is 0.437 e. The number of carbonyl (C=O) groups is 1. The number of hydrogen-bond acceptors (Lipinski definition) is 6. The van der Waals surface area contributed by atoms with Crippen molar-refractivity contribution in [1.29, 1.82) is 0 Å². The molecule has 0 radical (unpaired) electrons. The second-order valence-corrected chi connectivity index (χ2v) is 6.11. The van der Waals surface area contributed by atoms with Gasteiger partial charge >= 0.3 is 6.09 Å². The molecule has 0 aliphatic carbocycles. The summed E-state index contributed by atoms with van der Waals surface area (Å²) in [5.41, 5.74) is 8.14. The lowest BCUT2D eigenvalue weighted by atomic mass is 10.1. The molecule has 0 bridgehead atoms. The van der Waals surface area contributed by atoms with Crippen molar-refractivity contribution >= 4 is 28.6 Å². The molecule has 0 fully saturated rings. The standard InChI is InChI=1S/C16H14ClN7O2/c1-9(18)26-16(25)24-8-15(21-22-24)23-7-13(10-5-19-20-6-10)12-3-2-11(17)4-14(12)23/h2-9H,18H2,1H3,(H,19,20). The number of nitrogens with one attached hydrogen (secondary N) is 1. The summed E-state index contributed by atoms with van der Waals surface area (Å²) in [7, 11) is 0. The van der Waals surface area contributed by atoms with Gasteiger partial charge < -0.3 is 4.74 Å². The van der Waals surface area contributed by atoms with Crippen molar-refractivity contribution in [2.24, 2.45) is 5.73 Å². The van der Waals surface area contributed by atoms with Crippen molar-refractivity contribution in [3.8, 4) is 16.9 Å². The van der Waals surface area contributed by atoms with E-state index in [9.17, 15) is 4.79 Å². The Balaban J connectivity index is 1.83. The summed E-state index contributed by atoms with van der Waals surface area (Å²) in [6.45, 7) is 1.55. The van der Waals surface area contributed by atoms with Gasteiger partial charge in [0, 0.05) is 33.9 Å². The third kappa shape index (κ3) is 2.83. The summed E-state index contributed by atoms with van der Waals surface area (Å²) in [6.07, 6.45) is 5.42. The number of aromatic amines is 1. The SMILES string of the molecule is CC(N)OC(=O)n1cc(-n2cc(-c3cn[nH]c3)c3ccc(Cl)cc32)nn1. The summed E-state index contributed by atoms with van der Waals surface area (Å²) in [5.74, 6) is 0.439. The average Bonchev–Trinajstić information content (AvgIpc) is 3.32. The van der Waals surface area contributed by atoms with Gasteiger partial charge in [0.2, 0.25) is 0 Å². The van der Waals surface area contributed by atoms with Gasteiger partial charge in [-0.05, 0) is 19.1 Å². The highest BCUT2D eigenvalue weighted by Gasteiger charge is 2.17. The molecule has 9 nitrogen and oxygen atoms in total. The summed E-state index contributed by atoms with van der Waals surface area (Å²) < 4.78 is 7.70. The fourth-order valence-electron chi connectivity index (χ4n) is 2.69. The lowest BCUT2D eigenvalue weighted by molar-refractivity contribution is 0.108. The number of rotatable bonds is 3. The Hall–Kier alpha value is -3.17. The molecule has 4 aromatic rings. The Morgan fingerprint density at radius 3 is 2.96 bits per heavy atom. The Labute approximate surface area is 152 Å². The number of benzene rings is 1. The first-order valence-corrected chi connectivity index (χ1v) is 8.10. The van der Waals surface area contributed by atoms with Crippen LogP contribution in [0.25, 0.3) is 27.8 Å². The molecule has 0 aliphatic rings.